The van der Waals surface area contributed by atoms with E-state index in [0.29, 0.717) is 10.7 Å². The Kier molecular flexibility index (Phi) is 9.71. The normalized spacial score (nSPS) is 11.8. The number of nitro benzene ring substituents is 1. The van der Waals surface area contributed by atoms with E-state index in [2.05, 4.69) is 15.5 Å². The van der Waals surface area contributed by atoms with Gasteiger partial charge in [0.2, 0.25) is 11.3 Å². The van der Waals surface area contributed by atoms with Crippen LogP contribution in [0.5, 0.6) is 0 Å². The molecule has 1 heterocycles. The Balaban J connectivity index is 1.40. The highest BCUT2D eigenvalue weighted by Crippen LogP contribution is 2.40. The average molecular weight is 651 g/mol. The number of oxime groups is 1. The first-order valence-electron chi connectivity index (χ1n) is 14.4. The van der Waals surface area contributed by atoms with Gasteiger partial charge in [0.15, 0.2) is 5.13 Å². The lowest BCUT2D eigenvalue weighted by Gasteiger charge is -2.36. The van der Waals surface area contributed by atoms with E-state index < -0.39 is 33.7 Å². The number of carboxylic acids is 1. The summed E-state index contributed by atoms with van der Waals surface area (Å²) in [4.78, 5) is 45.4. The van der Waals surface area contributed by atoms with E-state index in [1.54, 1.807) is 5.38 Å². The number of benzene rings is 4. The number of nitrogens with one attached hydrogen (secondary N) is 1. The molecular weight excluding hydrogens is 620 g/mol. The fourth-order valence-corrected chi connectivity index (χ4v) is 5.56. The molecule has 0 radical (unpaired) electrons. The van der Waals surface area contributed by atoms with Crippen LogP contribution in [-0.4, -0.2) is 38.3 Å². The van der Waals surface area contributed by atoms with Gasteiger partial charge in [0.05, 0.1) is 4.92 Å². The number of carbonyl (C=O) groups is 2. The van der Waals surface area contributed by atoms with Crippen LogP contribution in [0.3, 0.4) is 0 Å². The number of ether oxygens (including phenoxy) is 1. The molecule has 0 unspecified atom stereocenters. The summed E-state index contributed by atoms with van der Waals surface area (Å²) in [6.45, 7) is 2.60. The lowest BCUT2D eigenvalue weighted by molar-refractivity contribution is -0.384. The monoisotopic (exact) mass is 650 g/mol. The topological polar surface area (TPSA) is 153 Å². The van der Waals surface area contributed by atoms with Crippen LogP contribution in [-0.2, 0) is 31.3 Å². The number of nitro groups is 1. The number of aromatic nitrogens is 1. The molecule has 47 heavy (non-hydrogen) atoms. The summed E-state index contributed by atoms with van der Waals surface area (Å²) in [5.41, 5.74) is 0.238. The fraction of sp³-hybridized carbons (Fsp3) is 0.143. The summed E-state index contributed by atoms with van der Waals surface area (Å²) in [5.74, 6) is -2.22. The predicted molar refractivity (Wildman–Crippen MR) is 177 cm³/mol. The third-order valence-electron chi connectivity index (χ3n) is 7.24. The third-order valence-corrected chi connectivity index (χ3v) is 8.00. The van der Waals surface area contributed by atoms with E-state index in [-0.39, 0.29) is 18.0 Å². The summed E-state index contributed by atoms with van der Waals surface area (Å²) >= 11 is 1.20. The number of nitrogens with zero attached hydrogens (tertiary/aromatic N) is 3. The smallest absolute Gasteiger partial charge is 0.360 e. The Bertz CT molecular complexity index is 1780. The van der Waals surface area contributed by atoms with E-state index in [9.17, 15) is 24.8 Å². The molecule has 0 aliphatic heterocycles. The van der Waals surface area contributed by atoms with Crippen molar-refractivity contribution >= 4 is 39.8 Å². The van der Waals surface area contributed by atoms with Gasteiger partial charge >= 0.3 is 11.9 Å². The largest absolute Gasteiger partial charge is 0.476 e. The minimum atomic E-state index is -1.67. The Morgan fingerprint density at radius 2 is 1.38 bits per heavy atom. The number of hydrogen-bond acceptors (Lipinski definition) is 10. The lowest BCUT2D eigenvalue weighted by Crippen LogP contribution is -2.38. The van der Waals surface area contributed by atoms with Crippen molar-refractivity contribution in [3.8, 4) is 0 Å². The Labute approximate surface area is 274 Å². The zero-order chi connectivity index (χ0) is 33.4. The van der Waals surface area contributed by atoms with Crippen LogP contribution in [0.15, 0.2) is 126 Å². The molecule has 0 spiro atoms. The highest BCUT2D eigenvalue weighted by molar-refractivity contribution is 7.14. The molecule has 0 atom stereocenters. The molecule has 0 aliphatic carbocycles. The summed E-state index contributed by atoms with van der Waals surface area (Å²) in [7, 11) is 0. The SMILES string of the molecule is CC(C)(O/N=C(\C(=O)O)c1csc(NC(c2ccccc2)(c2ccccc2)c2ccccc2)n1)C(=O)OCc1ccc([N+](=O)[O-])cc1. The first-order chi connectivity index (χ1) is 22.6. The van der Waals surface area contributed by atoms with E-state index in [4.69, 9.17) is 9.57 Å². The molecule has 0 saturated carbocycles. The first-order valence-corrected chi connectivity index (χ1v) is 15.3. The van der Waals surface area contributed by atoms with Gasteiger partial charge in [0, 0.05) is 17.5 Å². The summed E-state index contributed by atoms with van der Waals surface area (Å²) in [6, 6.07) is 35.2. The van der Waals surface area contributed by atoms with E-state index in [1.165, 1.54) is 49.4 Å². The molecule has 4 aromatic carbocycles. The predicted octanol–water partition coefficient (Wildman–Crippen LogP) is 6.78. The molecule has 1 aromatic heterocycles. The number of non-ortho nitro benzene ring substituents is 1. The Hall–Kier alpha value is -5.88. The van der Waals surface area contributed by atoms with Crippen molar-refractivity contribution in [3.63, 3.8) is 0 Å². The second kappa shape index (κ2) is 14.0. The van der Waals surface area contributed by atoms with Crippen molar-refractivity contribution in [1.82, 2.24) is 4.98 Å². The highest BCUT2D eigenvalue weighted by Gasteiger charge is 2.38. The van der Waals surface area contributed by atoms with Crippen molar-refractivity contribution in [1.29, 1.82) is 0 Å². The summed E-state index contributed by atoms with van der Waals surface area (Å²) in [6.07, 6.45) is 0. The second-order valence-electron chi connectivity index (χ2n) is 10.9. The van der Waals surface area contributed by atoms with Gasteiger partial charge in [0.1, 0.15) is 17.8 Å². The molecule has 0 saturated heterocycles. The summed E-state index contributed by atoms with van der Waals surface area (Å²) < 4.78 is 5.30. The zero-order valence-corrected chi connectivity index (χ0v) is 26.2. The van der Waals surface area contributed by atoms with E-state index >= 15 is 0 Å². The molecule has 5 aromatic rings. The van der Waals surface area contributed by atoms with Crippen LogP contribution in [0.25, 0.3) is 0 Å². The van der Waals surface area contributed by atoms with Crippen molar-refractivity contribution in [2.75, 3.05) is 5.32 Å². The van der Waals surface area contributed by atoms with E-state index in [0.717, 1.165) is 16.7 Å². The van der Waals surface area contributed by atoms with Crippen LogP contribution in [0.1, 0.15) is 41.8 Å². The van der Waals surface area contributed by atoms with Gasteiger partial charge in [0.25, 0.3) is 5.69 Å². The van der Waals surface area contributed by atoms with Crippen molar-refractivity contribution in [2.24, 2.45) is 5.16 Å². The maximum absolute atomic E-state index is 12.8. The molecule has 0 amide bonds. The lowest BCUT2D eigenvalue weighted by atomic mass is 9.77. The number of hydrogen-bond donors (Lipinski definition) is 2. The maximum Gasteiger partial charge on any atom is 0.360 e. The number of aliphatic carboxylic acids is 1. The molecule has 0 bridgehead atoms. The van der Waals surface area contributed by atoms with Gasteiger partial charge in [-0.2, -0.15) is 0 Å². The molecular formula is C35H30N4O7S. The first kappa shape index (κ1) is 32.5. The zero-order valence-electron chi connectivity index (χ0n) is 25.4. The van der Waals surface area contributed by atoms with Gasteiger partial charge in [-0.15, -0.1) is 11.3 Å². The highest BCUT2D eigenvalue weighted by atomic mass is 32.1. The number of carboxylic acid groups (broad SMARTS) is 1. The average Bonchev–Trinajstić information content (AvgIpc) is 3.55. The summed E-state index contributed by atoms with van der Waals surface area (Å²) in [5, 5.41) is 30.3. The Morgan fingerprint density at radius 1 is 0.872 bits per heavy atom. The number of rotatable bonds is 13. The number of esters is 1. The minimum Gasteiger partial charge on any atom is -0.476 e. The molecule has 238 valence electrons. The fourth-order valence-electron chi connectivity index (χ4n) is 4.81. The molecule has 0 aliphatic rings. The van der Waals surface area contributed by atoms with Gasteiger partial charge < -0.3 is 20.0 Å². The van der Waals surface area contributed by atoms with Gasteiger partial charge in [-0.3, -0.25) is 10.1 Å². The number of anilines is 1. The van der Waals surface area contributed by atoms with Crippen molar-refractivity contribution in [3.05, 3.63) is 159 Å². The molecule has 2 N–H and O–H groups in total. The third kappa shape index (κ3) is 7.34. The van der Waals surface area contributed by atoms with Gasteiger partial charge in [-0.25, -0.2) is 14.6 Å². The van der Waals surface area contributed by atoms with E-state index in [1.807, 2.05) is 91.0 Å². The van der Waals surface area contributed by atoms with Crippen LogP contribution >= 0.6 is 11.3 Å². The van der Waals surface area contributed by atoms with Crippen molar-refractivity contribution < 1.29 is 29.2 Å². The molecule has 0 fully saturated rings. The molecule has 12 heteroatoms. The molecule has 5 rings (SSSR count). The second-order valence-corrected chi connectivity index (χ2v) is 11.7. The van der Waals surface area contributed by atoms with Crippen LogP contribution in [0, 0.1) is 10.1 Å². The molecule has 11 nitrogen and oxygen atoms in total. The van der Waals surface area contributed by atoms with Gasteiger partial charge in [-0.05, 0) is 48.2 Å². The quantitative estimate of drug-likeness (QED) is 0.0461. The minimum absolute atomic E-state index is 0.0307. The van der Waals surface area contributed by atoms with Gasteiger partial charge in [-0.1, -0.05) is 96.2 Å². The standard InChI is InChI=1S/C35H30N4O7S/c1-34(2,32(42)45-22-24-18-20-28(21-19-24)39(43)44)46-38-30(31(40)41)29-23-47-33(36-29)37-35(25-12-6-3-7-13-25,26-14-8-4-9-15-26)27-16-10-5-11-17-27/h3-21,23H,22H2,1-2H3,(H,36,37)(H,40,41)/b38-30-. The van der Waals surface area contributed by atoms with Crippen LogP contribution in [0.2, 0.25) is 0 Å². The number of carbonyl (C=O) groups excluding carboxylic acids is 1. The maximum atomic E-state index is 12.8. The number of thiazole rings is 1. The van der Waals surface area contributed by atoms with Crippen molar-refractivity contribution in [2.45, 2.75) is 31.6 Å². The Morgan fingerprint density at radius 3 is 1.85 bits per heavy atom. The van der Waals surface area contributed by atoms with Crippen LogP contribution < -0.4 is 5.32 Å². The van der Waals surface area contributed by atoms with Crippen LogP contribution in [0.4, 0.5) is 10.8 Å².